The number of rotatable bonds is 3. The van der Waals surface area contributed by atoms with Gasteiger partial charge in [0.2, 0.25) is 0 Å². The van der Waals surface area contributed by atoms with E-state index < -0.39 is 17.5 Å². The van der Waals surface area contributed by atoms with Crippen molar-refractivity contribution in [3.8, 4) is 5.75 Å². The molecule has 1 fully saturated rings. The smallest absolute Gasteiger partial charge is 0.325 e. The molecule has 4 rings (SSSR count). The van der Waals surface area contributed by atoms with E-state index >= 15 is 0 Å². The van der Waals surface area contributed by atoms with Crippen molar-refractivity contribution in [3.63, 3.8) is 0 Å². The molecule has 2 aliphatic heterocycles. The zero-order chi connectivity index (χ0) is 18.5. The molecule has 0 aliphatic carbocycles. The van der Waals surface area contributed by atoms with Gasteiger partial charge in [0.05, 0.1) is 13.2 Å². The summed E-state index contributed by atoms with van der Waals surface area (Å²) in [5.74, 6) is -0.0954. The number of imide groups is 1. The average Bonchev–Trinajstić information content (AvgIpc) is 3.07. The standard InChI is InChI=1S/C19H19N3O4/c1-11-9-13(12(2)20-11)15(23)10-22-17(24)19(21-18(22)25)7-8-26-16-6-4-3-5-14(16)19/h3-6,9,20H,7-8,10H2,1-2H3,(H,21,25)/t19-/m1/s1. The SMILES string of the molecule is Cc1cc(C(=O)CN2C(=O)N[C@@]3(CCOc4ccccc43)C2=O)c(C)[nH]1. The minimum absolute atomic E-state index is 0.271. The van der Waals surface area contributed by atoms with Crippen LogP contribution in [0.2, 0.25) is 0 Å². The van der Waals surface area contributed by atoms with Crippen molar-refractivity contribution >= 4 is 17.7 Å². The van der Waals surface area contributed by atoms with Crippen molar-refractivity contribution in [1.29, 1.82) is 0 Å². The number of ketones is 1. The Bertz CT molecular complexity index is 933. The molecule has 1 aromatic heterocycles. The zero-order valence-electron chi connectivity index (χ0n) is 14.6. The summed E-state index contributed by atoms with van der Waals surface area (Å²) >= 11 is 0. The van der Waals surface area contributed by atoms with Crippen LogP contribution in [0.15, 0.2) is 30.3 Å². The molecule has 0 bridgehead atoms. The van der Waals surface area contributed by atoms with Crippen molar-refractivity contribution in [1.82, 2.24) is 15.2 Å². The lowest BCUT2D eigenvalue weighted by Gasteiger charge is -2.33. The fourth-order valence-corrected chi connectivity index (χ4v) is 3.76. The van der Waals surface area contributed by atoms with Crippen LogP contribution < -0.4 is 10.1 Å². The van der Waals surface area contributed by atoms with Gasteiger partial charge in [-0.15, -0.1) is 0 Å². The highest BCUT2D eigenvalue weighted by molar-refractivity contribution is 6.12. The Labute approximate surface area is 150 Å². The largest absolute Gasteiger partial charge is 0.493 e. The summed E-state index contributed by atoms with van der Waals surface area (Å²) in [6.07, 6.45) is 0.335. The first kappa shape index (κ1) is 16.4. The summed E-state index contributed by atoms with van der Waals surface area (Å²) in [6.45, 7) is 3.68. The Balaban J connectivity index is 1.65. The maximum absolute atomic E-state index is 13.1. The number of Topliss-reactive ketones (excluding diaryl/α,β-unsaturated/α-hetero) is 1. The van der Waals surface area contributed by atoms with Crippen LogP contribution in [0.4, 0.5) is 4.79 Å². The molecule has 7 nitrogen and oxygen atoms in total. The maximum Gasteiger partial charge on any atom is 0.325 e. The third kappa shape index (κ3) is 2.31. The molecule has 3 amide bonds. The van der Waals surface area contributed by atoms with Crippen LogP contribution in [0.5, 0.6) is 5.75 Å². The molecule has 7 heteroatoms. The predicted octanol–water partition coefficient (Wildman–Crippen LogP) is 2.04. The van der Waals surface area contributed by atoms with Gasteiger partial charge >= 0.3 is 6.03 Å². The lowest BCUT2D eigenvalue weighted by molar-refractivity contribution is -0.132. The number of aromatic nitrogens is 1. The first-order chi connectivity index (χ1) is 12.4. The molecule has 26 heavy (non-hydrogen) atoms. The number of amides is 3. The number of para-hydroxylation sites is 1. The molecule has 1 atom stereocenters. The van der Waals surface area contributed by atoms with Crippen LogP contribution in [0.1, 0.15) is 33.7 Å². The minimum Gasteiger partial charge on any atom is -0.493 e. The number of benzene rings is 1. The average molecular weight is 353 g/mol. The number of aromatic amines is 1. The molecule has 2 aromatic rings. The first-order valence-corrected chi connectivity index (χ1v) is 8.48. The Morgan fingerprint density at radius 3 is 2.77 bits per heavy atom. The Kier molecular flexibility index (Phi) is 3.61. The molecule has 134 valence electrons. The molecular formula is C19H19N3O4. The van der Waals surface area contributed by atoms with E-state index in [1.165, 1.54) is 0 Å². The molecule has 1 aromatic carbocycles. The van der Waals surface area contributed by atoms with Crippen LogP contribution in [0, 0.1) is 13.8 Å². The van der Waals surface area contributed by atoms with Crippen LogP contribution in [-0.2, 0) is 10.3 Å². The molecular weight excluding hydrogens is 334 g/mol. The molecule has 0 saturated carbocycles. The highest BCUT2D eigenvalue weighted by Gasteiger charge is 2.55. The highest BCUT2D eigenvalue weighted by atomic mass is 16.5. The van der Waals surface area contributed by atoms with Crippen molar-refractivity contribution in [2.75, 3.05) is 13.2 Å². The van der Waals surface area contributed by atoms with E-state index in [-0.39, 0.29) is 12.3 Å². The van der Waals surface area contributed by atoms with Crippen LogP contribution in [0.3, 0.4) is 0 Å². The molecule has 2 aliphatic rings. The molecule has 2 N–H and O–H groups in total. The van der Waals surface area contributed by atoms with Crippen LogP contribution >= 0.6 is 0 Å². The van der Waals surface area contributed by atoms with Crippen LogP contribution in [-0.4, -0.2) is 40.8 Å². The number of aryl methyl sites for hydroxylation is 2. The first-order valence-electron chi connectivity index (χ1n) is 8.48. The lowest BCUT2D eigenvalue weighted by atomic mass is 9.84. The number of carbonyl (C=O) groups is 3. The number of nitrogens with one attached hydrogen (secondary N) is 2. The van der Waals surface area contributed by atoms with Gasteiger partial charge in [-0.1, -0.05) is 18.2 Å². The second kappa shape index (κ2) is 5.72. The van der Waals surface area contributed by atoms with Crippen LogP contribution in [0.25, 0.3) is 0 Å². The van der Waals surface area contributed by atoms with Gasteiger partial charge in [-0.3, -0.25) is 14.5 Å². The molecule has 3 heterocycles. The number of hydrogen-bond donors (Lipinski definition) is 2. The minimum atomic E-state index is -1.16. The quantitative estimate of drug-likeness (QED) is 0.652. The van der Waals surface area contributed by atoms with Gasteiger partial charge in [0, 0.05) is 28.9 Å². The topological polar surface area (TPSA) is 91.5 Å². The summed E-state index contributed by atoms with van der Waals surface area (Å²) in [6, 6.07) is 8.35. The summed E-state index contributed by atoms with van der Waals surface area (Å²) in [7, 11) is 0. The van der Waals surface area contributed by atoms with Crippen molar-refractivity contribution < 1.29 is 19.1 Å². The summed E-state index contributed by atoms with van der Waals surface area (Å²) in [5.41, 5.74) is 1.56. The third-order valence-corrected chi connectivity index (χ3v) is 5.01. The van der Waals surface area contributed by atoms with Crippen molar-refractivity contribution in [3.05, 3.63) is 52.8 Å². The number of carbonyl (C=O) groups excluding carboxylic acids is 3. The van der Waals surface area contributed by atoms with Gasteiger partial charge in [0.25, 0.3) is 5.91 Å². The normalized spacial score (nSPS) is 21.5. The fourth-order valence-electron chi connectivity index (χ4n) is 3.76. The number of ether oxygens (including phenoxy) is 1. The molecule has 1 saturated heterocycles. The van der Waals surface area contributed by atoms with Gasteiger partial charge in [-0.05, 0) is 26.0 Å². The monoisotopic (exact) mass is 353 g/mol. The molecule has 0 unspecified atom stereocenters. The van der Waals surface area contributed by atoms with Gasteiger partial charge < -0.3 is 15.0 Å². The summed E-state index contributed by atoms with van der Waals surface area (Å²) in [4.78, 5) is 42.4. The summed E-state index contributed by atoms with van der Waals surface area (Å²) < 4.78 is 5.60. The van der Waals surface area contributed by atoms with Gasteiger partial charge in [-0.25, -0.2) is 4.79 Å². The second-order valence-corrected chi connectivity index (χ2v) is 6.74. The van der Waals surface area contributed by atoms with Gasteiger partial charge in [-0.2, -0.15) is 0 Å². The molecule has 0 radical (unpaired) electrons. The Hall–Kier alpha value is -3.09. The van der Waals surface area contributed by atoms with E-state index in [4.69, 9.17) is 4.74 Å². The second-order valence-electron chi connectivity index (χ2n) is 6.74. The Morgan fingerprint density at radius 1 is 1.27 bits per heavy atom. The highest BCUT2D eigenvalue weighted by Crippen LogP contribution is 2.40. The number of fused-ring (bicyclic) bond motifs is 2. The predicted molar refractivity (Wildman–Crippen MR) is 93.1 cm³/mol. The number of H-pyrrole nitrogens is 1. The molecule has 1 spiro atoms. The number of hydrogen-bond acceptors (Lipinski definition) is 4. The fraction of sp³-hybridized carbons (Fsp3) is 0.316. The Morgan fingerprint density at radius 2 is 2.04 bits per heavy atom. The third-order valence-electron chi connectivity index (χ3n) is 5.01. The van der Waals surface area contributed by atoms with E-state index in [0.29, 0.717) is 29.9 Å². The zero-order valence-corrected chi connectivity index (χ0v) is 14.6. The van der Waals surface area contributed by atoms with E-state index in [1.54, 1.807) is 31.2 Å². The van der Waals surface area contributed by atoms with E-state index in [0.717, 1.165) is 16.3 Å². The van der Waals surface area contributed by atoms with E-state index in [1.807, 2.05) is 13.0 Å². The van der Waals surface area contributed by atoms with Crippen molar-refractivity contribution in [2.45, 2.75) is 25.8 Å². The van der Waals surface area contributed by atoms with E-state index in [9.17, 15) is 14.4 Å². The maximum atomic E-state index is 13.1. The van der Waals surface area contributed by atoms with Gasteiger partial charge in [0.15, 0.2) is 11.3 Å². The number of urea groups is 1. The van der Waals surface area contributed by atoms with Gasteiger partial charge in [0.1, 0.15) is 5.75 Å². The number of nitrogens with zero attached hydrogens (tertiary/aromatic N) is 1. The van der Waals surface area contributed by atoms with E-state index in [2.05, 4.69) is 10.3 Å². The lowest BCUT2D eigenvalue weighted by Crippen LogP contribution is -2.47. The van der Waals surface area contributed by atoms with Crippen molar-refractivity contribution in [2.24, 2.45) is 0 Å². The summed E-state index contributed by atoms with van der Waals surface area (Å²) in [5, 5.41) is 2.80.